The molecule has 3 aromatic carbocycles. The summed E-state index contributed by atoms with van der Waals surface area (Å²) < 4.78 is 27.1. The van der Waals surface area contributed by atoms with Crippen molar-refractivity contribution in [1.29, 1.82) is 0 Å². The van der Waals surface area contributed by atoms with Crippen LogP contribution in [0.2, 0.25) is 0 Å². The molecule has 1 aliphatic rings. The molecule has 2 N–H and O–H groups in total. The zero-order valence-electron chi connectivity index (χ0n) is 18.8. The normalized spacial score (nSPS) is 15.8. The van der Waals surface area contributed by atoms with E-state index in [0.717, 1.165) is 60.4 Å². The number of hydrogen-bond donors (Lipinski definition) is 2. The maximum Gasteiger partial charge on any atom is 0.221 e. The third-order valence-electron chi connectivity index (χ3n) is 6.05. The molecule has 0 fully saturated rings. The number of carbonyl (C=O) groups is 1. The average molecular weight is 450 g/mol. The Morgan fingerprint density at radius 1 is 0.970 bits per heavy atom. The van der Waals surface area contributed by atoms with E-state index in [1.54, 1.807) is 6.07 Å². The maximum atomic E-state index is 13.8. The Hall–Kier alpha value is -3.09. The number of benzene rings is 3. The van der Waals surface area contributed by atoms with Gasteiger partial charge in [0.25, 0.3) is 0 Å². The third-order valence-corrected chi connectivity index (χ3v) is 6.05. The molecule has 3 aromatic rings. The summed E-state index contributed by atoms with van der Waals surface area (Å²) in [6.45, 7) is 4.60. The van der Waals surface area contributed by atoms with Crippen molar-refractivity contribution in [3.05, 3.63) is 101 Å². The predicted molar refractivity (Wildman–Crippen MR) is 127 cm³/mol. The summed E-state index contributed by atoms with van der Waals surface area (Å²) in [6, 6.07) is 19.7. The van der Waals surface area contributed by atoms with Crippen LogP contribution in [0.3, 0.4) is 0 Å². The van der Waals surface area contributed by atoms with E-state index in [1.807, 2.05) is 42.5 Å². The van der Waals surface area contributed by atoms with Crippen LogP contribution in [0.25, 0.3) is 0 Å². The molecule has 1 unspecified atom stereocenters. The number of rotatable bonds is 8. The van der Waals surface area contributed by atoms with Gasteiger partial charge >= 0.3 is 0 Å². The molecule has 0 aliphatic carbocycles. The van der Waals surface area contributed by atoms with Gasteiger partial charge < -0.3 is 10.6 Å². The second kappa shape index (κ2) is 10.7. The van der Waals surface area contributed by atoms with Crippen LogP contribution in [0, 0.1) is 11.6 Å². The van der Waals surface area contributed by atoms with E-state index in [1.165, 1.54) is 25.1 Å². The summed E-state index contributed by atoms with van der Waals surface area (Å²) in [5, 5.41) is 6.30. The van der Waals surface area contributed by atoms with Crippen LogP contribution >= 0.6 is 0 Å². The minimum Gasteiger partial charge on any atom is -0.326 e. The highest BCUT2D eigenvalue weighted by molar-refractivity contribution is 5.88. The van der Waals surface area contributed by atoms with Crippen molar-refractivity contribution in [1.82, 2.24) is 10.2 Å². The van der Waals surface area contributed by atoms with Crippen molar-refractivity contribution < 1.29 is 13.6 Å². The molecule has 1 heterocycles. The van der Waals surface area contributed by atoms with Crippen LogP contribution in [0.4, 0.5) is 14.5 Å². The number of carbonyl (C=O) groups excluding carboxylic acids is 1. The highest BCUT2D eigenvalue weighted by atomic mass is 19.1. The van der Waals surface area contributed by atoms with E-state index in [2.05, 4.69) is 15.5 Å². The molecule has 33 heavy (non-hydrogen) atoms. The van der Waals surface area contributed by atoms with Gasteiger partial charge in [0.1, 0.15) is 11.6 Å². The molecule has 4 rings (SSSR count). The molecular weight excluding hydrogens is 420 g/mol. The Morgan fingerprint density at radius 2 is 1.76 bits per heavy atom. The fraction of sp³-hybridized carbons (Fsp3) is 0.296. The minimum absolute atomic E-state index is 0.0856. The molecular formula is C27H29F2N3O. The maximum absolute atomic E-state index is 13.8. The van der Waals surface area contributed by atoms with Gasteiger partial charge in [0, 0.05) is 44.8 Å². The summed E-state index contributed by atoms with van der Waals surface area (Å²) in [4.78, 5) is 13.7. The molecule has 0 bridgehead atoms. The van der Waals surface area contributed by atoms with Crippen molar-refractivity contribution in [2.45, 2.75) is 38.9 Å². The largest absolute Gasteiger partial charge is 0.326 e. The van der Waals surface area contributed by atoms with Crippen LogP contribution in [-0.2, 0) is 30.7 Å². The van der Waals surface area contributed by atoms with E-state index < -0.39 is 0 Å². The fourth-order valence-electron chi connectivity index (χ4n) is 4.44. The molecule has 4 nitrogen and oxygen atoms in total. The number of anilines is 1. The number of fused-ring (bicyclic) bond motifs is 1. The molecule has 1 aliphatic heterocycles. The fourth-order valence-corrected chi connectivity index (χ4v) is 4.44. The Kier molecular flexibility index (Phi) is 7.47. The van der Waals surface area contributed by atoms with E-state index in [-0.39, 0.29) is 23.6 Å². The van der Waals surface area contributed by atoms with Gasteiger partial charge in [-0.3, -0.25) is 9.69 Å². The zero-order chi connectivity index (χ0) is 23.2. The van der Waals surface area contributed by atoms with Crippen LogP contribution < -0.4 is 10.6 Å². The molecule has 0 saturated carbocycles. The lowest BCUT2D eigenvalue weighted by Crippen LogP contribution is -2.44. The van der Waals surface area contributed by atoms with Crippen LogP contribution in [-0.4, -0.2) is 29.9 Å². The molecule has 0 radical (unpaired) electrons. The van der Waals surface area contributed by atoms with Gasteiger partial charge in [0.05, 0.1) is 0 Å². The van der Waals surface area contributed by atoms with E-state index in [0.29, 0.717) is 6.54 Å². The van der Waals surface area contributed by atoms with Gasteiger partial charge in [-0.25, -0.2) is 8.78 Å². The summed E-state index contributed by atoms with van der Waals surface area (Å²) in [5.41, 5.74) is 5.19. The molecule has 1 atom stereocenters. The first-order valence-electron chi connectivity index (χ1n) is 11.3. The van der Waals surface area contributed by atoms with Crippen LogP contribution in [0.15, 0.2) is 66.7 Å². The SMILES string of the molecule is CC(=O)Nc1cccc(CNCCN2Cc3ccc(F)cc3CC2Cc2ccc(F)cc2)c1. The Morgan fingerprint density at radius 3 is 2.55 bits per heavy atom. The summed E-state index contributed by atoms with van der Waals surface area (Å²) in [6.07, 6.45) is 1.55. The average Bonchev–Trinajstić information content (AvgIpc) is 2.78. The van der Waals surface area contributed by atoms with Crippen molar-refractivity contribution in [2.24, 2.45) is 0 Å². The van der Waals surface area contributed by atoms with E-state index in [9.17, 15) is 13.6 Å². The number of hydrogen-bond acceptors (Lipinski definition) is 3. The van der Waals surface area contributed by atoms with Crippen molar-refractivity contribution in [3.63, 3.8) is 0 Å². The second-order valence-electron chi connectivity index (χ2n) is 8.63. The first-order valence-corrected chi connectivity index (χ1v) is 11.3. The van der Waals surface area contributed by atoms with Crippen LogP contribution in [0.5, 0.6) is 0 Å². The first kappa shape index (κ1) is 23.1. The van der Waals surface area contributed by atoms with Gasteiger partial charge in [-0.05, 0) is 71.5 Å². The van der Waals surface area contributed by atoms with Crippen LogP contribution in [0.1, 0.15) is 29.2 Å². The number of halogens is 2. The monoisotopic (exact) mass is 449 g/mol. The molecule has 0 saturated heterocycles. The quantitative estimate of drug-likeness (QED) is 0.491. The second-order valence-corrected chi connectivity index (χ2v) is 8.63. The summed E-state index contributed by atoms with van der Waals surface area (Å²) in [5.74, 6) is -0.526. The lowest BCUT2D eigenvalue weighted by molar-refractivity contribution is -0.114. The topological polar surface area (TPSA) is 44.4 Å². The number of amides is 1. The first-order chi connectivity index (χ1) is 16.0. The Balaban J connectivity index is 1.38. The van der Waals surface area contributed by atoms with Crippen molar-refractivity contribution in [3.8, 4) is 0 Å². The van der Waals surface area contributed by atoms with E-state index in [4.69, 9.17) is 0 Å². The minimum atomic E-state index is -0.238. The molecule has 0 spiro atoms. The van der Waals surface area contributed by atoms with E-state index >= 15 is 0 Å². The highest BCUT2D eigenvalue weighted by Crippen LogP contribution is 2.26. The summed E-state index contributed by atoms with van der Waals surface area (Å²) >= 11 is 0. The Bertz CT molecular complexity index is 1100. The predicted octanol–water partition coefficient (Wildman–Crippen LogP) is 4.68. The van der Waals surface area contributed by atoms with Crippen molar-refractivity contribution >= 4 is 11.6 Å². The van der Waals surface area contributed by atoms with Gasteiger partial charge in [-0.1, -0.05) is 30.3 Å². The number of nitrogens with zero attached hydrogens (tertiary/aromatic N) is 1. The lowest BCUT2D eigenvalue weighted by atomic mass is 9.90. The third kappa shape index (κ3) is 6.46. The number of nitrogens with one attached hydrogen (secondary N) is 2. The zero-order valence-corrected chi connectivity index (χ0v) is 18.8. The lowest BCUT2D eigenvalue weighted by Gasteiger charge is -2.37. The van der Waals surface area contributed by atoms with Gasteiger partial charge in [0.2, 0.25) is 5.91 Å². The van der Waals surface area contributed by atoms with Gasteiger partial charge in [-0.2, -0.15) is 0 Å². The van der Waals surface area contributed by atoms with Gasteiger partial charge in [0.15, 0.2) is 0 Å². The molecule has 6 heteroatoms. The van der Waals surface area contributed by atoms with Crippen molar-refractivity contribution in [2.75, 3.05) is 18.4 Å². The highest BCUT2D eigenvalue weighted by Gasteiger charge is 2.26. The van der Waals surface area contributed by atoms with Gasteiger partial charge in [-0.15, -0.1) is 0 Å². The summed E-state index contributed by atoms with van der Waals surface area (Å²) in [7, 11) is 0. The molecule has 1 amide bonds. The smallest absolute Gasteiger partial charge is 0.221 e. The molecule has 172 valence electrons. The molecule has 0 aromatic heterocycles. The standard InChI is InChI=1S/C27H29F2N3O/c1-19(33)31-26-4-2-3-21(13-26)17-30-11-12-32-18-22-7-10-25(29)15-23(22)16-27(32)14-20-5-8-24(28)9-6-20/h2-10,13,15,27,30H,11-12,14,16-18H2,1H3,(H,31,33). The Labute approximate surface area is 193 Å².